The monoisotopic (exact) mass is 193 g/mol. The van der Waals surface area contributed by atoms with Crippen LogP contribution in [-0.2, 0) is 7.05 Å². The normalized spacial score (nSPS) is 12.2. The average Bonchev–Trinajstić information content (AvgIpc) is 2.33. The van der Waals surface area contributed by atoms with Crippen molar-refractivity contribution in [3.8, 4) is 0 Å². The predicted octanol–water partition coefficient (Wildman–Crippen LogP) is 1.66. The van der Waals surface area contributed by atoms with E-state index in [9.17, 15) is 0 Å². The zero-order valence-electron chi connectivity index (χ0n) is 9.68. The van der Waals surface area contributed by atoms with Crippen LogP contribution in [0.15, 0.2) is 5.57 Å². The van der Waals surface area contributed by atoms with E-state index < -0.39 is 0 Å². The average molecular weight is 193 g/mol. The van der Waals surface area contributed by atoms with Crippen molar-refractivity contribution in [2.24, 2.45) is 7.05 Å². The maximum Gasteiger partial charge on any atom is 0.0668 e. The van der Waals surface area contributed by atoms with Gasteiger partial charge in [0.05, 0.1) is 5.69 Å². The van der Waals surface area contributed by atoms with Crippen molar-refractivity contribution < 1.29 is 0 Å². The molecule has 0 spiro atoms. The lowest BCUT2D eigenvalue weighted by Crippen LogP contribution is -2.08. The second kappa shape index (κ2) is 4.42. The minimum atomic E-state index is 0.924. The Morgan fingerprint density at radius 1 is 1.50 bits per heavy atom. The number of likely N-dealkylation sites (N-methyl/N-ethyl adjacent to an activating group) is 1. The van der Waals surface area contributed by atoms with Gasteiger partial charge in [0.1, 0.15) is 0 Å². The van der Waals surface area contributed by atoms with Gasteiger partial charge in [-0.15, -0.1) is 0 Å². The number of rotatable bonds is 3. The molecule has 0 radical (unpaired) electrons. The molecule has 0 fully saturated rings. The molecule has 0 bridgehead atoms. The van der Waals surface area contributed by atoms with Gasteiger partial charge in [0, 0.05) is 24.8 Å². The minimum absolute atomic E-state index is 0.924. The Balaban J connectivity index is 3.01. The van der Waals surface area contributed by atoms with E-state index in [0.717, 1.165) is 12.2 Å². The van der Waals surface area contributed by atoms with E-state index in [1.54, 1.807) is 0 Å². The van der Waals surface area contributed by atoms with Crippen LogP contribution in [0.4, 0.5) is 0 Å². The Morgan fingerprint density at radius 3 is 2.57 bits per heavy atom. The van der Waals surface area contributed by atoms with Crippen molar-refractivity contribution in [1.29, 1.82) is 0 Å². The van der Waals surface area contributed by atoms with Crippen LogP contribution in [0.2, 0.25) is 0 Å². The van der Waals surface area contributed by atoms with Crippen LogP contribution in [0.3, 0.4) is 0 Å². The number of aromatic nitrogens is 2. The lowest BCUT2D eigenvalue weighted by Gasteiger charge is -2.00. The molecular formula is C11H19N3. The summed E-state index contributed by atoms with van der Waals surface area (Å²) in [5.74, 6) is 0. The van der Waals surface area contributed by atoms with Crippen LogP contribution in [-0.4, -0.2) is 23.4 Å². The fourth-order valence-corrected chi connectivity index (χ4v) is 1.58. The van der Waals surface area contributed by atoms with Crippen molar-refractivity contribution >= 4 is 6.08 Å². The molecule has 0 aromatic carbocycles. The SMILES string of the molecule is CNCC(C)=Cc1c(C)nn(C)c1C. The second-order valence-electron chi connectivity index (χ2n) is 3.73. The Kier molecular flexibility index (Phi) is 3.47. The molecule has 0 atom stereocenters. The first-order chi connectivity index (χ1) is 6.56. The molecule has 0 aliphatic heterocycles. The summed E-state index contributed by atoms with van der Waals surface area (Å²) in [7, 11) is 3.94. The zero-order valence-corrected chi connectivity index (χ0v) is 9.68. The molecule has 1 rings (SSSR count). The van der Waals surface area contributed by atoms with E-state index in [1.807, 2.05) is 25.7 Å². The fourth-order valence-electron chi connectivity index (χ4n) is 1.58. The number of hydrogen-bond donors (Lipinski definition) is 1. The summed E-state index contributed by atoms with van der Waals surface area (Å²) in [6.45, 7) is 7.19. The van der Waals surface area contributed by atoms with Crippen molar-refractivity contribution in [3.63, 3.8) is 0 Å². The highest BCUT2D eigenvalue weighted by molar-refractivity contribution is 5.57. The predicted molar refractivity (Wildman–Crippen MR) is 60.3 cm³/mol. The van der Waals surface area contributed by atoms with Crippen LogP contribution in [0.1, 0.15) is 23.9 Å². The summed E-state index contributed by atoms with van der Waals surface area (Å²) < 4.78 is 1.92. The molecule has 0 aliphatic carbocycles. The van der Waals surface area contributed by atoms with E-state index in [2.05, 4.69) is 30.3 Å². The molecular weight excluding hydrogens is 174 g/mol. The highest BCUT2D eigenvalue weighted by Gasteiger charge is 2.06. The molecule has 0 amide bonds. The Morgan fingerprint density at radius 2 is 2.14 bits per heavy atom. The largest absolute Gasteiger partial charge is 0.316 e. The molecule has 3 heteroatoms. The fraction of sp³-hybridized carbons (Fsp3) is 0.545. The Labute approximate surface area is 85.8 Å². The van der Waals surface area contributed by atoms with Crippen LogP contribution < -0.4 is 5.32 Å². The summed E-state index contributed by atoms with van der Waals surface area (Å²) in [4.78, 5) is 0. The molecule has 14 heavy (non-hydrogen) atoms. The number of nitrogens with one attached hydrogen (secondary N) is 1. The molecule has 0 unspecified atom stereocenters. The van der Waals surface area contributed by atoms with Crippen LogP contribution in [0.25, 0.3) is 6.08 Å². The van der Waals surface area contributed by atoms with Crippen LogP contribution in [0, 0.1) is 13.8 Å². The summed E-state index contributed by atoms with van der Waals surface area (Å²) in [5.41, 5.74) is 4.89. The Hall–Kier alpha value is -1.09. The molecule has 1 aromatic heterocycles. The standard InChI is InChI=1S/C11H19N3/c1-8(7-12-4)6-11-9(2)13-14(5)10(11)3/h6,12H,7H2,1-5H3. The highest BCUT2D eigenvalue weighted by atomic mass is 15.3. The smallest absolute Gasteiger partial charge is 0.0668 e. The molecule has 0 saturated heterocycles. The molecule has 78 valence electrons. The Bertz CT molecular complexity index is 348. The van der Waals surface area contributed by atoms with Crippen molar-refractivity contribution in [2.75, 3.05) is 13.6 Å². The molecule has 0 saturated carbocycles. The van der Waals surface area contributed by atoms with E-state index in [-0.39, 0.29) is 0 Å². The summed E-state index contributed by atoms with van der Waals surface area (Å²) in [6, 6.07) is 0. The molecule has 0 aliphatic rings. The van der Waals surface area contributed by atoms with Crippen LogP contribution >= 0.6 is 0 Å². The number of hydrogen-bond acceptors (Lipinski definition) is 2. The van der Waals surface area contributed by atoms with Gasteiger partial charge in [-0.05, 0) is 27.8 Å². The summed E-state index contributed by atoms with van der Waals surface area (Å²) in [6.07, 6.45) is 2.20. The zero-order chi connectivity index (χ0) is 10.7. The second-order valence-corrected chi connectivity index (χ2v) is 3.73. The van der Waals surface area contributed by atoms with E-state index in [1.165, 1.54) is 16.8 Å². The van der Waals surface area contributed by atoms with Gasteiger partial charge in [-0.2, -0.15) is 5.10 Å². The quantitative estimate of drug-likeness (QED) is 0.791. The van der Waals surface area contributed by atoms with Crippen LogP contribution in [0.5, 0.6) is 0 Å². The third kappa shape index (κ3) is 2.23. The minimum Gasteiger partial charge on any atom is -0.316 e. The van der Waals surface area contributed by atoms with Gasteiger partial charge in [-0.3, -0.25) is 4.68 Å². The van der Waals surface area contributed by atoms with Gasteiger partial charge < -0.3 is 5.32 Å². The summed E-state index contributed by atoms with van der Waals surface area (Å²) in [5, 5.41) is 7.51. The molecule has 3 nitrogen and oxygen atoms in total. The molecule has 1 N–H and O–H groups in total. The lowest BCUT2D eigenvalue weighted by molar-refractivity contribution is 0.731. The number of nitrogens with zero attached hydrogens (tertiary/aromatic N) is 2. The first-order valence-electron chi connectivity index (χ1n) is 4.88. The van der Waals surface area contributed by atoms with Crippen molar-refractivity contribution in [2.45, 2.75) is 20.8 Å². The topological polar surface area (TPSA) is 29.9 Å². The van der Waals surface area contributed by atoms with Gasteiger partial charge >= 0.3 is 0 Å². The van der Waals surface area contributed by atoms with Gasteiger partial charge in [0.25, 0.3) is 0 Å². The first-order valence-corrected chi connectivity index (χ1v) is 4.88. The van der Waals surface area contributed by atoms with E-state index in [0.29, 0.717) is 0 Å². The molecule has 1 heterocycles. The molecule has 1 aromatic rings. The van der Waals surface area contributed by atoms with E-state index >= 15 is 0 Å². The maximum absolute atomic E-state index is 4.38. The lowest BCUT2D eigenvalue weighted by atomic mass is 10.1. The third-order valence-corrected chi connectivity index (χ3v) is 2.41. The number of aryl methyl sites for hydroxylation is 2. The summed E-state index contributed by atoms with van der Waals surface area (Å²) >= 11 is 0. The first kappa shape index (κ1) is 11.0. The highest BCUT2D eigenvalue weighted by Crippen LogP contribution is 2.15. The maximum atomic E-state index is 4.38. The van der Waals surface area contributed by atoms with Crippen molar-refractivity contribution in [3.05, 3.63) is 22.5 Å². The van der Waals surface area contributed by atoms with Gasteiger partial charge in [0.15, 0.2) is 0 Å². The third-order valence-electron chi connectivity index (χ3n) is 2.41. The van der Waals surface area contributed by atoms with Gasteiger partial charge in [0.2, 0.25) is 0 Å². The van der Waals surface area contributed by atoms with Gasteiger partial charge in [-0.1, -0.05) is 11.6 Å². The van der Waals surface area contributed by atoms with E-state index in [4.69, 9.17) is 0 Å². The van der Waals surface area contributed by atoms with Crippen molar-refractivity contribution in [1.82, 2.24) is 15.1 Å². The van der Waals surface area contributed by atoms with Gasteiger partial charge in [-0.25, -0.2) is 0 Å².